The molecular weight excluding hydrogens is 393 g/mol. The normalized spacial score (nSPS) is 11.0. The molecule has 0 saturated carbocycles. The monoisotopic (exact) mass is 406 g/mol. The van der Waals surface area contributed by atoms with Gasteiger partial charge in [0.2, 0.25) is 0 Å². The van der Waals surface area contributed by atoms with Gasteiger partial charge in [0, 0.05) is 34.1 Å². The Bertz CT molecular complexity index is 955. The SMILES string of the molecule is O=C(NOc1ncccc1C(F)(F)F)Nc1cccc(Sc2ccncc2)c1. The molecule has 0 atom stereocenters. The number of aromatic nitrogens is 2. The van der Waals surface area contributed by atoms with Gasteiger partial charge >= 0.3 is 12.2 Å². The number of hydrogen-bond acceptors (Lipinski definition) is 5. The van der Waals surface area contributed by atoms with E-state index in [0.29, 0.717) is 5.69 Å². The van der Waals surface area contributed by atoms with Gasteiger partial charge in [-0.2, -0.15) is 18.7 Å². The molecule has 2 aromatic heterocycles. The Morgan fingerprint density at radius 3 is 2.54 bits per heavy atom. The summed E-state index contributed by atoms with van der Waals surface area (Å²) in [6.45, 7) is 0. The number of amides is 2. The highest BCUT2D eigenvalue weighted by molar-refractivity contribution is 7.99. The van der Waals surface area contributed by atoms with Gasteiger partial charge < -0.3 is 10.2 Å². The van der Waals surface area contributed by atoms with E-state index >= 15 is 0 Å². The van der Waals surface area contributed by atoms with Crippen molar-refractivity contribution < 1.29 is 22.8 Å². The van der Waals surface area contributed by atoms with E-state index in [2.05, 4.69) is 15.3 Å². The maximum Gasteiger partial charge on any atom is 0.421 e. The Hall–Kier alpha value is -3.27. The number of carbonyl (C=O) groups excluding carboxylic acids is 1. The van der Waals surface area contributed by atoms with E-state index in [1.165, 1.54) is 11.8 Å². The van der Waals surface area contributed by atoms with Gasteiger partial charge in [0.05, 0.1) is 0 Å². The van der Waals surface area contributed by atoms with E-state index in [1.54, 1.807) is 30.6 Å². The number of urea groups is 1. The van der Waals surface area contributed by atoms with Crippen molar-refractivity contribution in [3.05, 3.63) is 72.7 Å². The van der Waals surface area contributed by atoms with Crippen LogP contribution in [0.5, 0.6) is 5.88 Å². The summed E-state index contributed by atoms with van der Waals surface area (Å²) >= 11 is 1.47. The van der Waals surface area contributed by atoms with Crippen LogP contribution in [-0.4, -0.2) is 16.0 Å². The number of halogens is 3. The average Bonchev–Trinajstić information content (AvgIpc) is 2.67. The zero-order valence-corrected chi connectivity index (χ0v) is 14.9. The summed E-state index contributed by atoms with van der Waals surface area (Å²) in [5.74, 6) is -0.743. The molecule has 0 spiro atoms. The molecule has 0 unspecified atom stereocenters. The minimum Gasteiger partial charge on any atom is -0.357 e. The van der Waals surface area contributed by atoms with Crippen molar-refractivity contribution in [2.45, 2.75) is 16.0 Å². The summed E-state index contributed by atoms with van der Waals surface area (Å²) < 4.78 is 38.7. The molecule has 2 N–H and O–H groups in total. The van der Waals surface area contributed by atoms with E-state index in [0.717, 1.165) is 28.1 Å². The summed E-state index contributed by atoms with van der Waals surface area (Å²) in [7, 11) is 0. The minimum atomic E-state index is -4.65. The predicted molar refractivity (Wildman–Crippen MR) is 96.8 cm³/mol. The van der Waals surface area contributed by atoms with Crippen molar-refractivity contribution in [3.8, 4) is 5.88 Å². The molecule has 2 amide bonds. The zero-order chi connectivity index (χ0) is 20.0. The molecule has 0 bridgehead atoms. The van der Waals surface area contributed by atoms with Crippen LogP contribution < -0.4 is 15.6 Å². The Labute approximate surface area is 162 Å². The Morgan fingerprint density at radius 2 is 1.79 bits per heavy atom. The first-order valence-corrected chi connectivity index (χ1v) is 8.67. The quantitative estimate of drug-likeness (QED) is 0.598. The van der Waals surface area contributed by atoms with Crippen LogP contribution in [-0.2, 0) is 6.18 Å². The summed E-state index contributed by atoms with van der Waals surface area (Å²) in [5, 5.41) is 2.49. The van der Waals surface area contributed by atoms with Crippen LogP contribution in [0.4, 0.5) is 23.7 Å². The van der Waals surface area contributed by atoms with E-state index in [1.807, 2.05) is 23.7 Å². The maximum atomic E-state index is 12.9. The highest BCUT2D eigenvalue weighted by atomic mass is 32.2. The summed E-state index contributed by atoms with van der Waals surface area (Å²) in [6, 6.07) is 11.7. The third-order valence-corrected chi connectivity index (χ3v) is 4.29. The first-order valence-electron chi connectivity index (χ1n) is 7.86. The third-order valence-electron chi connectivity index (χ3n) is 3.29. The van der Waals surface area contributed by atoms with Gasteiger partial charge in [-0.1, -0.05) is 17.8 Å². The van der Waals surface area contributed by atoms with Crippen LogP contribution in [0, 0.1) is 0 Å². The van der Waals surface area contributed by atoms with Crippen molar-refractivity contribution in [3.63, 3.8) is 0 Å². The number of anilines is 1. The fourth-order valence-electron chi connectivity index (χ4n) is 2.12. The molecule has 0 saturated heterocycles. The van der Waals surface area contributed by atoms with Gasteiger partial charge in [-0.05, 0) is 42.5 Å². The van der Waals surface area contributed by atoms with Gasteiger partial charge in [0.1, 0.15) is 5.56 Å². The number of hydrogen-bond donors (Lipinski definition) is 2. The smallest absolute Gasteiger partial charge is 0.357 e. The standard InChI is InChI=1S/C18H13F3N4O2S/c19-18(20,21)15-5-2-8-23-16(15)27-25-17(26)24-12-3-1-4-14(11-12)28-13-6-9-22-10-7-13/h1-11H,(H2,24,25,26). The first kappa shape index (κ1) is 19.5. The molecule has 0 aliphatic rings. The molecule has 0 aliphatic carbocycles. The number of benzene rings is 1. The van der Waals surface area contributed by atoms with Gasteiger partial charge in [-0.3, -0.25) is 4.98 Å². The Morgan fingerprint density at radius 1 is 1.00 bits per heavy atom. The molecule has 6 nitrogen and oxygen atoms in total. The molecule has 28 heavy (non-hydrogen) atoms. The molecular formula is C18H13F3N4O2S. The third kappa shape index (κ3) is 5.36. The van der Waals surface area contributed by atoms with E-state index in [9.17, 15) is 18.0 Å². The number of rotatable bonds is 5. The van der Waals surface area contributed by atoms with E-state index < -0.39 is 23.7 Å². The van der Waals surface area contributed by atoms with Gasteiger partial charge in [-0.15, -0.1) is 0 Å². The van der Waals surface area contributed by atoms with Crippen molar-refractivity contribution >= 4 is 23.5 Å². The zero-order valence-electron chi connectivity index (χ0n) is 14.1. The number of pyridine rings is 2. The van der Waals surface area contributed by atoms with E-state index in [-0.39, 0.29) is 0 Å². The molecule has 0 radical (unpaired) electrons. The second-order valence-electron chi connectivity index (χ2n) is 5.32. The molecule has 0 aliphatic heterocycles. The lowest BCUT2D eigenvalue weighted by atomic mass is 10.3. The largest absolute Gasteiger partial charge is 0.421 e. The second-order valence-corrected chi connectivity index (χ2v) is 6.47. The molecule has 2 heterocycles. The molecule has 1 aromatic carbocycles. The number of carbonyl (C=O) groups is 1. The maximum absolute atomic E-state index is 12.9. The number of nitrogens with one attached hydrogen (secondary N) is 2. The number of alkyl halides is 3. The minimum absolute atomic E-state index is 0.442. The first-order chi connectivity index (χ1) is 13.4. The molecule has 3 aromatic rings. The fraction of sp³-hybridized carbons (Fsp3) is 0.0556. The topological polar surface area (TPSA) is 76.1 Å². The average molecular weight is 406 g/mol. The fourth-order valence-corrected chi connectivity index (χ4v) is 2.98. The van der Waals surface area contributed by atoms with Crippen LogP contribution in [0.25, 0.3) is 0 Å². The molecule has 3 rings (SSSR count). The van der Waals surface area contributed by atoms with Gasteiger partial charge in [0.25, 0.3) is 5.88 Å². The van der Waals surface area contributed by atoms with Crippen LogP contribution in [0.3, 0.4) is 0 Å². The predicted octanol–water partition coefficient (Wildman–Crippen LogP) is 4.76. The summed E-state index contributed by atoms with van der Waals surface area (Å²) in [5.41, 5.74) is 1.25. The van der Waals surface area contributed by atoms with Crippen molar-refractivity contribution in [1.29, 1.82) is 0 Å². The highest BCUT2D eigenvalue weighted by Gasteiger charge is 2.35. The highest BCUT2D eigenvalue weighted by Crippen LogP contribution is 2.34. The molecule has 0 fully saturated rings. The summed E-state index contributed by atoms with van der Waals surface area (Å²) in [4.78, 5) is 25.9. The van der Waals surface area contributed by atoms with Crippen LogP contribution >= 0.6 is 11.8 Å². The lowest BCUT2D eigenvalue weighted by Gasteiger charge is -2.13. The lowest BCUT2D eigenvalue weighted by Crippen LogP contribution is -2.32. The van der Waals surface area contributed by atoms with Crippen LogP contribution in [0.2, 0.25) is 0 Å². The van der Waals surface area contributed by atoms with Gasteiger partial charge in [0.15, 0.2) is 0 Å². The molecule has 144 valence electrons. The van der Waals surface area contributed by atoms with Crippen molar-refractivity contribution in [2.75, 3.05) is 5.32 Å². The number of nitrogens with zero attached hydrogens (tertiary/aromatic N) is 2. The second kappa shape index (κ2) is 8.61. The van der Waals surface area contributed by atoms with Crippen molar-refractivity contribution in [1.82, 2.24) is 15.4 Å². The Kier molecular flexibility index (Phi) is 5.99. The molecule has 10 heteroatoms. The van der Waals surface area contributed by atoms with Crippen LogP contribution in [0.1, 0.15) is 5.56 Å². The lowest BCUT2D eigenvalue weighted by molar-refractivity contribution is -0.139. The van der Waals surface area contributed by atoms with E-state index in [4.69, 9.17) is 4.84 Å². The number of hydroxylamine groups is 1. The Balaban J connectivity index is 1.61. The van der Waals surface area contributed by atoms with Crippen molar-refractivity contribution in [2.24, 2.45) is 0 Å². The summed E-state index contributed by atoms with van der Waals surface area (Å²) in [6.07, 6.45) is -0.186. The van der Waals surface area contributed by atoms with Gasteiger partial charge in [-0.25, -0.2) is 9.78 Å². The van der Waals surface area contributed by atoms with Crippen LogP contribution in [0.15, 0.2) is 76.9 Å².